The first-order valence-electron chi connectivity index (χ1n) is 3.53. The van der Waals surface area contributed by atoms with Crippen LogP contribution in [0.15, 0.2) is 12.2 Å². The molecule has 1 rings (SSSR count). The normalized spacial score (nSPS) is 31.9. The van der Waals surface area contributed by atoms with Crippen LogP contribution in [-0.2, 0) is 4.74 Å². The predicted molar refractivity (Wildman–Crippen MR) is 40.0 cm³/mol. The SMILES string of the molecule is C=C1CO[C@H](C)C([N+](=O)[O-])C1. The third-order valence-electron chi connectivity index (χ3n) is 1.86. The van der Waals surface area contributed by atoms with Gasteiger partial charge < -0.3 is 4.74 Å². The van der Waals surface area contributed by atoms with Gasteiger partial charge in [-0.1, -0.05) is 6.58 Å². The molecule has 0 aliphatic carbocycles. The number of rotatable bonds is 1. The van der Waals surface area contributed by atoms with Gasteiger partial charge in [0.05, 0.1) is 6.61 Å². The van der Waals surface area contributed by atoms with Crippen LogP contribution < -0.4 is 0 Å². The Morgan fingerprint density at radius 3 is 2.91 bits per heavy atom. The Balaban J connectivity index is 2.61. The van der Waals surface area contributed by atoms with E-state index in [0.717, 1.165) is 5.57 Å². The Hall–Kier alpha value is -0.900. The maximum Gasteiger partial charge on any atom is 0.242 e. The molecule has 1 aliphatic rings. The molecular formula is C7H11NO3. The quantitative estimate of drug-likeness (QED) is 0.324. The molecule has 0 radical (unpaired) electrons. The van der Waals surface area contributed by atoms with Gasteiger partial charge in [-0.2, -0.15) is 0 Å². The third kappa shape index (κ3) is 1.77. The second-order valence-corrected chi connectivity index (χ2v) is 2.82. The fraction of sp³-hybridized carbons (Fsp3) is 0.714. The van der Waals surface area contributed by atoms with Gasteiger partial charge in [-0.3, -0.25) is 10.1 Å². The van der Waals surface area contributed by atoms with Crippen LogP contribution in [0.1, 0.15) is 13.3 Å². The molecule has 1 heterocycles. The summed E-state index contributed by atoms with van der Waals surface area (Å²) in [6, 6.07) is -0.601. The maximum absolute atomic E-state index is 10.4. The summed E-state index contributed by atoms with van der Waals surface area (Å²) < 4.78 is 5.12. The number of hydrogen-bond donors (Lipinski definition) is 0. The fourth-order valence-electron chi connectivity index (χ4n) is 1.13. The van der Waals surface area contributed by atoms with Crippen molar-refractivity contribution in [1.82, 2.24) is 0 Å². The first-order chi connectivity index (χ1) is 5.11. The number of nitrogens with zero attached hydrogens (tertiary/aromatic N) is 1. The number of nitro groups is 1. The van der Waals surface area contributed by atoms with Crippen molar-refractivity contribution in [3.05, 3.63) is 22.3 Å². The Kier molecular flexibility index (Phi) is 2.24. The lowest BCUT2D eigenvalue weighted by atomic mass is 10.0. The minimum atomic E-state index is -0.601. The molecule has 1 saturated heterocycles. The molecule has 0 bridgehead atoms. The van der Waals surface area contributed by atoms with E-state index in [1.54, 1.807) is 6.92 Å². The largest absolute Gasteiger partial charge is 0.367 e. The van der Waals surface area contributed by atoms with Gasteiger partial charge in [0, 0.05) is 11.3 Å². The van der Waals surface area contributed by atoms with Gasteiger partial charge in [-0.25, -0.2) is 0 Å². The van der Waals surface area contributed by atoms with Gasteiger partial charge in [0.1, 0.15) is 6.10 Å². The Morgan fingerprint density at radius 1 is 1.82 bits per heavy atom. The molecule has 4 nitrogen and oxygen atoms in total. The van der Waals surface area contributed by atoms with E-state index in [1.165, 1.54) is 0 Å². The van der Waals surface area contributed by atoms with Crippen LogP contribution in [0.5, 0.6) is 0 Å². The van der Waals surface area contributed by atoms with E-state index in [9.17, 15) is 10.1 Å². The van der Waals surface area contributed by atoms with E-state index in [1.807, 2.05) is 0 Å². The lowest BCUT2D eigenvalue weighted by Crippen LogP contribution is -2.38. The van der Waals surface area contributed by atoms with Gasteiger partial charge in [-0.05, 0) is 12.5 Å². The number of ether oxygens (including phenoxy) is 1. The van der Waals surface area contributed by atoms with E-state index >= 15 is 0 Å². The van der Waals surface area contributed by atoms with Crippen molar-refractivity contribution in [2.75, 3.05) is 6.61 Å². The molecular weight excluding hydrogens is 146 g/mol. The van der Waals surface area contributed by atoms with Crippen molar-refractivity contribution in [3.63, 3.8) is 0 Å². The van der Waals surface area contributed by atoms with Crippen LogP contribution in [0.4, 0.5) is 0 Å². The summed E-state index contributed by atoms with van der Waals surface area (Å²) in [6.45, 7) is 5.84. The van der Waals surface area contributed by atoms with E-state index in [-0.39, 0.29) is 11.0 Å². The van der Waals surface area contributed by atoms with Crippen molar-refractivity contribution in [3.8, 4) is 0 Å². The van der Waals surface area contributed by atoms with Crippen LogP contribution in [0.3, 0.4) is 0 Å². The van der Waals surface area contributed by atoms with E-state index in [0.29, 0.717) is 13.0 Å². The summed E-state index contributed by atoms with van der Waals surface area (Å²) in [7, 11) is 0. The highest BCUT2D eigenvalue weighted by Gasteiger charge is 2.32. The summed E-state index contributed by atoms with van der Waals surface area (Å²) in [5.74, 6) is 0. The Bertz CT molecular complexity index is 190. The molecule has 0 aromatic rings. The fourth-order valence-corrected chi connectivity index (χ4v) is 1.13. The lowest BCUT2D eigenvalue weighted by Gasteiger charge is -2.23. The highest BCUT2D eigenvalue weighted by molar-refractivity contribution is 5.00. The minimum Gasteiger partial charge on any atom is -0.367 e. The molecule has 1 aliphatic heterocycles. The minimum absolute atomic E-state index is 0.282. The van der Waals surface area contributed by atoms with Gasteiger partial charge >= 0.3 is 0 Å². The van der Waals surface area contributed by atoms with Crippen molar-refractivity contribution in [1.29, 1.82) is 0 Å². The Labute approximate surface area is 65.0 Å². The van der Waals surface area contributed by atoms with E-state index < -0.39 is 6.04 Å². The first-order valence-corrected chi connectivity index (χ1v) is 3.53. The monoisotopic (exact) mass is 157 g/mol. The molecule has 0 spiro atoms. The zero-order valence-corrected chi connectivity index (χ0v) is 6.45. The molecule has 1 fully saturated rings. The second kappa shape index (κ2) is 3.00. The Morgan fingerprint density at radius 2 is 2.45 bits per heavy atom. The first kappa shape index (κ1) is 8.20. The summed E-state index contributed by atoms with van der Waals surface area (Å²) in [4.78, 5) is 10.1. The molecule has 1 unspecified atom stereocenters. The van der Waals surface area contributed by atoms with Gasteiger partial charge in [0.15, 0.2) is 0 Å². The highest BCUT2D eigenvalue weighted by atomic mass is 16.6. The summed E-state index contributed by atoms with van der Waals surface area (Å²) >= 11 is 0. The smallest absolute Gasteiger partial charge is 0.242 e. The molecule has 0 N–H and O–H groups in total. The molecule has 0 aromatic heterocycles. The van der Waals surface area contributed by atoms with Crippen molar-refractivity contribution >= 4 is 0 Å². The molecule has 0 aromatic carbocycles. The standard InChI is InChI=1S/C7H11NO3/c1-5-3-7(8(9)10)6(2)11-4-5/h6-7H,1,3-4H2,2H3/t6-,7?/m1/s1. The third-order valence-corrected chi connectivity index (χ3v) is 1.86. The second-order valence-electron chi connectivity index (χ2n) is 2.82. The average Bonchev–Trinajstić information content (AvgIpc) is 1.94. The van der Waals surface area contributed by atoms with Crippen molar-refractivity contribution in [2.24, 2.45) is 0 Å². The summed E-state index contributed by atoms with van der Waals surface area (Å²) in [5.41, 5.74) is 0.810. The zero-order chi connectivity index (χ0) is 8.43. The van der Waals surface area contributed by atoms with E-state index in [4.69, 9.17) is 4.74 Å². The molecule has 2 atom stereocenters. The van der Waals surface area contributed by atoms with Gasteiger partial charge in [0.25, 0.3) is 0 Å². The van der Waals surface area contributed by atoms with Crippen LogP contribution in [0.25, 0.3) is 0 Å². The van der Waals surface area contributed by atoms with Crippen LogP contribution in [0, 0.1) is 10.1 Å². The average molecular weight is 157 g/mol. The van der Waals surface area contributed by atoms with Gasteiger partial charge in [-0.15, -0.1) is 0 Å². The molecule has 0 amide bonds. The van der Waals surface area contributed by atoms with Gasteiger partial charge in [0.2, 0.25) is 6.04 Å². The van der Waals surface area contributed by atoms with E-state index in [2.05, 4.69) is 6.58 Å². The predicted octanol–water partition coefficient (Wildman–Crippen LogP) is 0.997. The molecule has 62 valence electrons. The van der Waals surface area contributed by atoms with Crippen LogP contribution in [-0.4, -0.2) is 23.7 Å². The highest BCUT2D eigenvalue weighted by Crippen LogP contribution is 2.18. The molecule has 11 heavy (non-hydrogen) atoms. The summed E-state index contributed by atoms with van der Waals surface area (Å²) in [6.07, 6.45) is 0.171. The summed E-state index contributed by atoms with van der Waals surface area (Å²) in [5, 5.41) is 10.4. The number of hydrogen-bond acceptors (Lipinski definition) is 3. The molecule has 4 heteroatoms. The lowest BCUT2D eigenvalue weighted by molar-refractivity contribution is -0.536. The van der Waals surface area contributed by atoms with Crippen LogP contribution >= 0.6 is 0 Å². The zero-order valence-electron chi connectivity index (χ0n) is 6.45. The topological polar surface area (TPSA) is 52.4 Å². The maximum atomic E-state index is 10.4. The molecule has 0 saturated carbocycles. The van der Waals surface area contributed by atoms with Crippen LogP contribution in [0.2, 0.25) is 0 Å². The van der Waals surface area contributed by atoms with Crippen molar-refractivity contribution < 1.29 is 9.66 Å². The van der Waals surface area contributed by atoms with Crippen molar-refractivity contribution in [2.45, 2.75) is 25.5 Å².